The third-order valence-corrected chi connectivity index (χ3v) is 5.26. The summed E-state index contributed by atoms with van der Waals surface area (Å²) in [6.45, 7) is 7.08. The van der Waals surface area contributed by atoms with Crippen LogP contribution in [0, 0.1) is 12.8 Å². The second-order valence-corrected chi connectivity index (χ2v) is 7.82. The van der Waals surface area contributed by atoms with Crippen LogP contribution in [0.1, 0.15) is 35.5 Å². The molecule has 29 heavy (non-hydrogen) atoms. The molecule has 2 aromatic carbocycles. The number of hydrogen-bond donors (Lipinski definition) is 2. The van der Waals surface area contributed by atoms with Crippen LogP contribution in [0.15, 0.2) is 60.7 Å². The van der Waals surface area contributed by atoms with Crippen molar-refractivity contribution >= 4 is 23.2 Å². The topological polar surface area (TPSA) is 59.0 Å². The zero-order chi connectivity index (χ0) is 20.8. The maximum Gasteiger partial charge on any atom is 0.256 e. The fourth-order valence-electron chi connectivity index (χ4n) is 3.17. The summed E-state index contributed by atoms with van der Waals surface area (Å²) in [4.78, 5) is 12.9. The van der Waals surface area contributed by atoms with Crippen molar-refractivity contribution in [3.63, 3.8) is 0 Å². The van der Waals surface area contributed by atoms with Gasteiger partial charge in [0.15, 0.2) is 0 Å². The van der Waals surface area contributed by atoms with Crippen molar-refractivity contribution in [2.24, 2.45) is 5.92 Å². The third-order valence-electron chi connectivity index (χ3n) is 4.88. The summed E-state index contributed by atoms with van der Waals surface area (Å²) >= 11 is 6.51. The van der Waals surface area contributed by atoms with E-state index >= 15 is 0 Å². The Morgan fingerprint density at radius 3 is 2.31 bits per heavy atom. The molecule has 0 aliphatic heterocycles. The number of benzene rings is 2. The first-order chi connectivity index (χ1) is 14.0. The third kappa shape index (κ3) is 5.39. The lowest BCUT2D eigenvalue weighted by molar-refractivity contribution is 0.0950. The second-order valence-electron chi connectivity index (χ2n) is 7.47. The Balaban J connectivity index is 1.68. The highest BCUT2D eigenvalue weighted by Gasteiger charge is 2.22. The van der Waals surface area contributed by atoms with E-state index in [1.807, 2.05) is 67.6 Å². The van der Waals surface area contributed by atoms with E-state index in [2.05, 4.69) is 29.6 Å². The molecule has 3 aromatic rings. The Bertz CT molecular complexity index is 938. The molecule has 5 nitrogen and oxygen atoms in total. The van der Waals surface area contributed by atoms with Crippen LogP contribution < -0.4 is 10.6 Å². The summed E-state index contributed by atoms with van der Waals surface area (Å²) in [5.74, 6) is 0.139. The summed E-state index contributed by atoms with van der Waals surface area (Å²) in [6.07, 6.45) is 0. The lowest BCUT2D eigenvalue weighted by atomic mass is 10.0. The van der Waals surface area contributed by atoms with Gasteiger partial charge < -0.3 is 10.6 Å². The second kappa shape index (κ2) is 9.61. The molecule has 6 heteroatoms. The first kappa shape index (κ1) is 20.9. The smallest absolute Gasteiger partial charge is 0.256 e. The number of amides is 1. The number of aryl methyl sites for hydroxylation is 1. The van der Waals surface area contributed by atoms with E-state index in [0.29, 0.717) is 35.4 Å². The number of anilines is 1. The lowest BCUT2D eigenvalue weighted by Gasteiger charge is -2.24. The maximum atomic E-state index is 12.9. The van der Waals surface area contributed by atoms with E-state index in [-0.39, 0.29) is 11.9 Å². The number of rotatable bonds is 8. The van der Waals surface area contributed by atoms with Crippen molar-refractivity contribution < 1.29 is 4.79 Å². The molecular weight excluding hydrogens is 384 g/mol. The number of aromatic nitrogens is 2. The van der Waals surface area contributed by atoms with E-state index < -0.39 is 0 Å². The van der Waals surface area contributed by atoms with Gasteiger partial charge in [0.25, 0.3) is 5.91 Å². The Morgan fingerprint density at radius 1 is 1.07 bits per heavy atom. The van der Waals surface area contributed by atoms with Crippen LogP contribution in [0.5, 0.6) is 0 Å². The number of hydrogen-bond acceptors (Lipinski definition) is 3. The highest BCUT2D eigenvalue weighted by Crippen LogP contribution is 2.21. The summed E-state index contributed by atoms with van der Waals surface area (Å²) in [5, 5.41) is 11.3. The average Bonchev–Trinajstić information content (AvgIpc) is 2.99. The molecule has 0 fully saturated rings. The molecular formula is C23H27ClN4O. The highest BCUT2D eigenvalue weighted by molar-refractivity contribution is 6.33. The van der Waals surface area contributed by atoms with Gasteiger partial charge in [-0.15, -0.1) is 0 Å². The van der Waals surface area contributed by atoms with Crippen molar-refractivity contribution in [3.05, 3.63) is 82.6 Å². The number of nitrogens with zero attached hydrogens (tertiary/aromatic N) is 2. The molecule has 0 saturated heterocycles. The zero-order valence-electron chi connectivity index (χ0n) is 17.0. The molecule has 1 aromatic heterocycles. The molecule has 1 unspecified atom stereocenters. The van der Waals surface area contributed by atoms with E-state index in [1.165, 1.54) is 0 Å². The summed E-state index contributed by atoms with van der Waals surface area (Å²) in [6, 6.07) is 20.0. The molecule has 0 aliphatic rings. The fourth-order valence-corrected chi connectivity index (χ4v) is 3.49. The molecule has 1 atom stereocenters. The van der Waals surface area contributed by atoms with Gasteiger partial charge in [0, 0.05) is 18.3 Å². The Labute approximate surface area is 177 Å². The van der Waals surface area contributed by atoms with Gasteiger partial charge >= 0.3 is 0 Å². The molecule has 0 spiro atoms. The summed E-state index contributed by atoms with van der Waals surface area (Å²) < 4.78 is 1.67. The number of nitrogens with one attached hydrogen (secondary N) is 2. The largest absolute Gasteiger partial charge is 0.380 e. The van der Waals surface area contributed by atoms with Crippen molar-refractivity contribution in [1.82, 2.24) is 15.1 Å². The number of carbonyl (C=O) groups is 1. The number of carbonyl (C=O) groups excluding carboxylic acids is 1. The van der Waals surface area contributed by atoms with Crippen LogP contribution in [0.4, 0.5) is 5.69 Å². The highest BCUT2D eigenvalue weighted by atomic mass is 35.5. The Hall–Kier alpha value is -2.79. The average molecular weight is 411 g/mol. The van der Waals surface area contributed by atoms with E-state index in [0.717, 1.165) is 11.3 Å². The molecule has 2 N–H and O–H groups in total. The summed E-state index contributed by atoms with van der Waals surface area (Å²) in [7, 11) is 0. The Kier molecular flexibility index (Phi) is 6.94. The van der Waals surface area contributed by atoms with Crippen LogP contribution in [0.2, 0.25) is 5.15 Å². The quantitative estimate of drug-likeness (QED) is 0.562. The zero-order valence-corrected chi connectivity index (χ0v) is 17.8. The molecule has 3 rings (SSSR count). The van der Waals surface area contributed by atoms with Gasteiger partial charge in [-0.3, -0.25) is 4.79 Å². The minimum absolute atomic E-state index is 0.0970. The molecule has 0 radical (unpaired) electrons. The number of halogens is 1. The first-order valence-corrected chi connectivity index (χ1v) is 10.2. The van der Waals surface area contributed by atoms with Gasteiger partial charge in [-0.1, -0.05) is 74.0 Å². The van der Waals surface area contributed by atoms with Gasteiger partial charge in [0.05, 0.1) is 17.8 Å². The lowest BCUT2D eigenvalue weighted by Crippen LogP contribution is -2.39. The van der Waals surface area contributed by atoms with Gasteiger partial charge in [0.1, 0.15) is 5.15 Å². The van der Waals surface area contributed by atoms with Crippen LogP contribution in [0.3, 0.4) is 0 Å². The maximum absolute atomic E-state index is 12.9. The van der Waals surface area contributed by atoms with Crippen molar-refractivity contribution in [3.8, 4) is 0 Å². The van der Waals surface area contributed by atoms with E-state index in [9.17, 15) is 4.79 Å². The molecule has 152 valence electrons. The SMILES string of the molecule is Cc1nn(Cc2ccccc2)c(Cl)c1C(=O)NCC(Nc1ccccc1)C(C)C. The van der Waals surface area contributed by atoms with Gasteiger partial charge in [0.2, 0.25) is 0 Å². The van der Waals surface area contributed by atoms with Gasteiger partial charge in [-0.25, -0.2) is 4.68 Å². The van der Waals surface area contributed by atoms with Crippen LogP contribution in [-0.4, -0.2) is 28.3 Å². The number of para-hydroxylation sites is 1. The molecule has 1 amide bonds. The van der Waals surface area contributed by atoms with Gasteiger partial charge in [-0.2, -0.15) is 5.10 Å². The minimum Gasteiger partial charge on any atom is -0.380 e. The monoisotopic (exact) mass is 410 g/mol. The van der Waals surface area contributed by atoms with Crippen molar-refractivity contribution in [1.29, 1.82) is 0 Å². The first-order valence-electron chi connectivity index (χ1n) is 9.82. The standard InChI is InChI=1S/C23H27ClN4O/c1-16(2)20(26-19-12-8-5-9-13-19)14-25-23(29)21-17(3)27-28(22(21)24)15-18-10-6-4-7-11-18/h4-13,16,20,26H,14-15H2,1-3H3,(H,25,29). The van der Waals surface area contributed by atoms with Crippen LogP contribution in [0.25, 0.3) is 0 Å². The molecule has 0 saturated carbocycles. The summed E-state index contributed by atoms with van der Waals surface area (Å²) in [5.41, 5.74) is 3.17. The fraction of sp³-hybridized carbons (Fsp3) is 0.304. The normalized spacial score (nSPS) is 12.0. The molecule has 0 bridgehead atoms. The Morgan fingerprint density at radius 2 is 1.69 bits per heavy atom. The van der Waals surface area contributed by atoms with Crippen LogP contribution >= 0.6 is 11.6 Å². The van der Waals surface area contributed by atoms with Crippen molar-refractivity contribution in [2.75, 3.05) is 11.9 Å². The van der Waals surface area contributed by atoms with E-state index in [1.54, 1.807) is 4.68 Å². The van der Waals surface area contributed by atoms with Gasteiger partial charge in [-0.05, 0) is 30.5 Å². The van der Waals surface area contributed by atoms with Crippen LogP contribution in [-0.2, 0) is 6.54 Å². The minimum atomic E-state index is -0.202. The molecule has 0 aliphatic carbocycles. The van der Waals surface area contributed by atoms with Crippen molar-refractivity contribution in [2.45, 2.75) is 33.4 Å². The predicted octanol–water partition coefficient (Wildman–Crippen LogP) is 4.76. The van der Waals surface area contributed by atoms with E-state index in [4.69, 9.17) is 11.6 Å². The predicted molar refractivity (Wildman–Crippen MR) is 119 cm³/mol. The molecule has 1 heterocycles.